The predicted octanol–water partition coefficient (Wildman–Crippen LogP) is 0.987. The van der Waals surface area contributed by atoms with E-state index in [0.29, 0.717) is 47.7 Å². The van der Waals surface area contributed by atoms with E-state index in [1.54, 1.807) is 16.6 Å². The highest BCUT2D eigenvalue weighted by atomic mass is 16.2. The van der Waals surface area contributed by atoms with Crippen molar-refractivity contribution in [2.75, 3.05) is 19.6 Å². The average Bonchev–Trinajstić information content (AvgIpc) is 3.05. The second-order valence-electron chi connectivity index (χ2n) is 6.29. The molecule has 4 rings (SSSR count). The number of piperidine rings is 1. The zero-order valence-electron chi connectivity index (χ0n) is 13.2. The Hall–Kier alpha value is -2.67. The van der Waals surface area contributed by atoms with Crippen LogP contribution in [0.25, 0.3) is 16.6 Å². The van der Waals surface area contributed by atoms with Crippen molar-refractivity contribution in [1.29, 1.82) is 0 Å². The van der Waals surface area contributed by atoms with Crippen LogP contribution in [0.2, 0.25) is 0 Å². The van der Waals surface area contributed by atoms with Crippen molar-refractivity contribution >= 4 is 22.5 Å². The third-order valence-electron chi connectivity index (χ3n) is 4.75. The van der Waals surface area contributed by atoms with Crippen molar-refractivity contribution in [2.45, 2.75) is 12.8 Å². The predicted molar refractivity (Wildman–Crippen MR) is 91.0 cm³/mol. The molecule has 0 spiro atoms. The Morgan fingerprint density at radius 3 is 3.04 bits per heavy atom. The first-order chi connectivity index (χ1) is 11.7. The third-order valence-corrected chi connectivity index (χ3v) is 4.75. The van der Waals surface area contributed by atoms with Crippen LogP contribution in [0.15, 0.2) is 35.3 Å². The van der Waals surface area contributed by atoms with Crippen LogP contribution in [0, 0.1) is 5.92 Å². The van der Waals surface area contributed by atoms with Crippen molar-refractivity contribution in [2.24, 2.45) is 11.7 Å². The lowest BCUT2D eigenvalue weighted by Gasteiger charge is -2.31. The fourth-order valence-electron chi connectivity index (χ4n) is 3.45. The van der Waals surface area contributed by atoms with E-state index in [1.807, 2.05) is 17.0 Å². The Morgan fingerprint density at radius 2 is 2.21 bits per heavy atom. The van der Waals surface area contributed by atoms with Gasteiger partial charge in [0.25, 0.3) is 11.5 Å². The molecule has 0 aliphatic carbocycles. The summed E-state index contributed by atoms with van der Waals surface area (Å²) >= 11 is 0. The zero-order valence-corrected chi connectivity index (χ0v) is 13.2. The van der Waals surface area contributed by atoms with Crippen LogP contribution in [0.5, 0.6) is 0 Å². The monoisotopic (exact) mass is 325 g/mol. The number of aromatic amines is 1. The van der Waals surface area contributed by atoms with E-state index in [1.165, 1.54) is 6.20 Å². The summed E-state index contributed by atoms with van der Waals surface area (Å²) in [5.74, 6) is 0.235. The molecule has 124 valence electrons. The van der Waals surface area contributed by atoms with Crippen molar-refractivity contribution in [3.05, 3.63) is 46.4 Å². The average molecular weight is 325 g/mol. The van der Waals surface area contributed by atoms with Crippen LogP contribution in [-0.2, 0) is 0 Å². The maximum Gasteiger partial charge on any atom is 0.259 e. The Balaban J connectivity index is 1.80. The third kappa shape index (κ3) is 2.28. The molecule has 1 aromatic carbocycles. The van der Waals surface area contributed by atoms with E-state index in [0.717, 1.165) is 12.8 Å². The molecule has 1 unspecified atom stereocenters. The van der Waals surface area contributed by atoms with Gasteiger partial charge < -0.3 is 15.6 Å². The van der Waals surface area contributed by atoms with Gasteiger partial charge in [0.1, 0.15) is 11.2 Å². The van der Waals surface area contributed by atoms with Gasteiger partial charge in [-0.2, -0.15) is 5.10 Å². The van der Waals surface area contributed by atoms with Crippen LogP contribution in [-0.4, -0.2) is 45.0 Å². The number of benzene rings is 1. The van der Waals surface area contributed by atoms with Crippen LogP contribution < -0.4 is 11.3 Å². The molecule has 0 saturated carbocycles. The summed E-state index contributed by atoms with van der Waals surface area (Å²) in [4.78, 5) is 29.8. The van der Waals surface area contributed by atoms with Crippen molar-refractivity contribution in [3.63, 3.8) is 0 Å². The lowest BCUT2D eigenvalue weighted by molar-refractivity contribution is 0.0680. The van der Waals surface area contributed by atoms with Crippen LogP contribution in [0.4, 0.5) is 0 Å². The molecule has 1 fully saturated rings. The summed E-state index contributed by atoms with van der Waals surface area (Å²) in [6.07, 6.45) is 3.54. The maximum absolute atomic E-state index is 12.9. The number of H-pyrrole nitrogens is 1. The fourth-order valence-corrected chi connectivity index (χ4v) is 3.45. The second kappa shape index (κ2) is 5.76. The molecule has 0 radical (unpaired) electrons. The zero-order chi connectivity index (χ0) is 16.7. The van der Waals surface area contributed by atoms with Gasteiger partial charge in [0.15, 0.2) is 0 Å². The quantitative estimate of drug-likeness (QED) is 0.734. The Labute approximate surface area is 138 Å². The molecular formula is C17H19N5O2. The molecule has 1 amide bonds. The Bertz CT molecular complexity index is 974. The number of nitrogens with zero attached hydrogens (tertiary/aromatic N) is 3. The molecule has 3 aromatic rings. The van der Waals surface area contributed by atoms with Crippen molar-refractivity contribution in [1.82, 2.24) is 19.5 Å². The van der Waals surface area contributed by atoms with Gasteiger partial charge in [-0.15, -0.1) is 0 Å². The van der Waals surface area contributed by atoms with Crippen LogP contribution >= 0.6 is 0 Å². The molecule has 3 heterocycles. The van der Waals surface area contributed by atoms with Gasteiger partial charge in [-0.05, 0) is 37.4 Å². The van der Waals surface area contributed by atoms with Crippen molar-refractivity contribution < 1.29 is 4.79 Å². The number of nitrogens with one attached hydrogen (secondary N) is 1. The summed E-state index contributed by atoms with van der Waals surface area (Å²) in [5, 5.41) is 4.87. The van der Waals surface area contributed by atoms with Gasteiger partial charge in [-0.1, -0.05) is 12.1 Å². The number of hydrogen-bond donors (Lipinski definition) is 2. The Kier molecular flexibility index (Phi) is 3.57. The summed E-state index contributed by atoms with van der Waals surface area (Å²) < 4.78 is 1.62. The molecule has 24 heavy (non-hydrogen) atoms. The number of likely N-dealkylation sites (tertiary alicyclic amines) is 1. The van der Waals surface area contributed by atoms with Gasteiger partial charge in [-0.3, -0.25) is 9.59 Å². The summed E-state index contributed by atoms with van der Waals surface area (Å²) in [7, 11) is 0. The van der Waals surface area contributed by atoms with Gasteiger partial charge in [0.05, 0.1) is 17.1 Å². The molecule has 1 aliphatic heterocycles. The van der Waals surface area contributed by atoms with E-state index in [-0.39, 0.29) is 11.5 Å². The largest absolute Gasteiger partial charge is 0.338 e. The smallest absolute Gasteiger partial charge is 0.259 e. The molecule has 3 N–H and O–H groups in total. The normalized spacial score (nSPS) is 18.4. The van der Waals surface area contributed by atoms with E-state index in [9.17, 15) is 9.59 Å². The number of nitrogens with two attached hydrogens (primary N) is 1. The minimum Gasteiger partial charge on any atom is -0.338 e. The number of amides is 1. The number of rotatable bonds is 2. The van der Waals surface area contributed by atoms with Gasteiger partial charge in [-0.25, -0.2) is 4.52 Å². The first-order valence-electron chi connectivity index (χ1n) is 8.17. The molecule has 2 aromatic heterocycles. The van der Waals surface area contributed by atoms with Gasteiger partial charge in [0.2, 0.25) is 0 Å². The highest BCUT2D eigenvalue weighted by Crippen LogP contribution is 2.20. The topological polar surface area (TPSA) is 96.5 Å². The summed E-state index contributed by atoms with van der Waals surface area (Å²) in [6, 6.07) is 7.22. The highest BCUT2D eigenvalue weighted by molar-refractivity contribution is 6.00. The number of carbonyl (C=O) groups is 1. The van der Waals surface area contributed by atoms with Gasteiger partial charge in [0, 0.05) is 13.1 Å². The number of fused-ring (bicyclic) bond motifs is 3. The lowest BCUT2D eigenvalue weighted by Crippen LogP contribution is -2.42. The SMILES string of the molecule is NCC1CCCN(C(=O)c2cnn3c2[nH]c(=O)c2ccccc23)C1. The molecule has 1 atom stereocenters. The minimum absolute atomic E-state index is 0.103. The molecule has 1 aliphatic rings. The van der Waals surface area contributed by atoms with Crippen molar-refractivity contribution in [3.8, 4) is 0 Å². The van der Waals surface area contributed by atoms with E-state index in [4.69, 9.17) is 5.73 Å². The van der Waals surface area contributed by atoms with E-state index in [2.05, 4.69) is 10.1 Å². The molecule has 1 saturated heterocycles. The first kappa shape index (κ1) is 14.9. The fraction of sp³-hybridized carbons (Fsp3) is 0.353. The minimum atomic E-state index is -0.217. The molecule has 7 nitrogen and oxygen atoms in total. The summed E-state index contributed by atoms with van der Waals surface area (Å²) in [6.45, 7) is 1.95. The number of carbonyl (C=O) groups excluding carboxylic acids is 1. The first-order valence-corrected chi connectivity index (χ1v) is 8.17. The molecule has 0 bridgehead atoms. The van der Waals surface area contributed by atoms with Crippen LogP contribution in [0.1, 0.15) is 23.2 Å². The Morgan fingerprint density at radius 1 is 1.38 bits per heavy atom. The van der Waals surface area contributed by atoms with Crippen LogP contribution in [0.3, 0.4) is 0 Å². The molecular weight excluding hydrogens is 306 g/mol. The second-order valence-corrected chi connectivity index (χ2v) is 6.29. The highest BCUT2D eigenvalue weighted by Gasteiger charge is 2.26. The van der Waals surface area contributed by atoms with E-state index >= 15 is 0 Å². The lowest BCUT2D eigenvalue weighted by atomic mass is 9.98. The van der Waals surface area contributed by atoms with Gasteiger partial charge >= 0.3 is 0 Å². The number of para-hydroxylation sites is 1. The standard InChI is InChI=1S/C17H19N5O2/c18-8-11-4-3-7-21(10-11)17(24)13-9-19-22-14-6-2-1-5-12(14)16(23)20-15(13)22/h1-2,5-6,9,11H,3-4,7-8,10,18H2,(H,20,23). The van der Waals surface area contributed by atoms with E-state index < -0.39 is 0 Å². The summed E-state index contributed by atoms with van der Waals surface area (Å²) in [5.41, 5.74) is 7.10. The number of hydrogen-bond acceptors (Lipinski definition) is 4. The maximum atomic E-state index is 12.9. The number of aromatic nitrogens is 3. The molecule has 7 heteroatoms.